The van der Waals surface area contributed by atoms with Gasteiger partial charge in [0, 0.05) is 24.9 Å². The predicted octanol–water partition coefficient (Wildman–Crippen LogP) is 1.81. The van der Waals surface area contributed by atoms with Crippen LogP contribution in [0.1, 0.15) is 43.8 Å². The number of H-pyrrole nitrogens is 1. The third-order valence-electron chi connectivity index (χ3n) is 3.40. The minimum absolute atomic E-state index is 0.260. The monoisotopic (exact) mass is 235 g/mol. The molecule has 1 aromatic rings. The molecule has 0 spiro atoms. The maximum Gasteiger partial charge on any atom is 0.223 e. The van der Waals surface area contributed by atoms with Crippen LogP contribution < -0.4 is 5.73 Å². The van der Waals surface area contributed by atoms with Crippen LogP contribution in [-0.4, -0.2) is 28.9 Å². The van der Waals surface area contributed by atoms with Crippen molar-refractivity contribution in [3.8, 4) is 0 Å². The smallest absolute Gasteiger partial charge is 0.223 e. The third-order valence-corrected chi connectivity index (χ3v) is 3.40. The average molecular weight is 235 g/mol. The van der Waals surface area contributed by atoms with E-state index in [0.29, 0.717) is 13.0 Å². The Morgan fingerprint density at radius 3 is 3.12 bits per heavy atom. The molecule has 1 saturated heterocycles. The van der Waals surface area contributed by atoms with E-state index in [9.17, 15) is 4.79 Å². The van der Waals surface area contributed by atoms with Gasteiger partial charge in [0.05, 0.1) is 6.04 Å². The van der Waals surface area contributed by atoms with Gasteiger partial charge >= 0.3 is 0 Å². The van der Waals surface area contributed by atoms with Crippen LogP contribution in [0.3, 0.4) is 0 Å². The van der Waals surface area contributed by atoms with Gasteiger partial charge in [-0.05, 0) is 44.4 Å². The number of nitrogens with zero attached hydrogens (tertiary/aromatic N) is 1. The van der Waals surface area contributed by atoms with Crippen LogP contribution in [0.25, 0.3) is 0 Å². The molecular formula is C13H21N3O. The van der Waals surface area contributed by atoms with Crippen molar-refractivity contribution in [2.24, 2.45) is 5.73 Å². The zero-order valence-corrected chi connectivity index (χ0v) is 10.2. The molecule has 0 bridgehead atoms. The van der Waals surface area contributed by atoms with Crippen molar-refractivity contribution in [1.29, 1.82) is 0 Å². The molecule has 0 saturated carbocycles. The lowest BCUT2D eigenvalue weighted by Gasteiger charge is -2.24. The molecule has 94 valence electrons. The van der Waals surface area contributed by atoms with Crippen molar-refractivity contribution in [2.75, 3.05) is 13.1 Å². The Hall–Kier alpha value is -1.29. The summed E-state index contributed by atoms with van der Waals surface area (Å²) in [5, 5.41) is 0. The van der Waals surface area contributed by atoms with Gasteiger partial charge in [0.1, 0.15) is 0 Å². The summed E-state index contributed by atoms with van der Waals surface area (Å²) >= 11 is 0. The highest BCUT2D eigenvalue weighted by molar-refractivity contribution is 5.76. The quantitative estimate of drug-likeness (QED) is 0.764. The fourth-order valence-corrected chi connectivity index (χ4v) is 2.50. The summed E-state index contributed by atoms with van der Waals surface area (Å²) in [4.78, 5) is 17.3. The SMILES string of the molecule is NCCCCC(=O)N1CCCC1c1ccc[nH]1. The van der Waals surface area contributed by atoms with E-state index in [-0.39, 0.29) is 11.9 Å². The number of nitrogens with one attached hydrogen (secondary N) is 1. The van der Waals surface area contributed by atoms with E-state index in [1.54, 1.807) is 0 Å². The number of aromatic amines is 1. The lowest BCUT2D eigenvalue weighted by Crippen LogP contribution is -2.30. The molecule has 0 aromatic carbocycles. The van der Waals surface area contributed by atoms with Gasteiger partial charge in [-0.1, -0.05) is 0 Å². The molecule has 1 aliphatic heterocycles. The zero-order chi connectivity index (χ0) is 12.1. The molecule has 17 heavy (non-hydrogen) atoms. The highest BCUT2D eigenvalue weighted by Crippen LogP contribution is 2.31. The van der Waals surface area contributed by atoms with E-state index >= 15 is 0 Å². The highest BCUT2D eigenvalue weighted by atomic mass is 16.2. The molecule has 1 atom stereocenters. The van der Waals surface area contributed by atoms with Gasteiger partial charge in [-0.15, -0.1) is 0 Å². The first-order valence-electron chi connectivity index (χ1n) is 6.45. The van der Waals surface area contributed by atoms with Crippen molar-refractivity contribution in [2.45, 2.75) is 38.1 Å². The number of rotatable bonds is 5. The Kier molecular flexibility index (Phi) is 4.20. The number of aromatic nitrogens is 1. The predicted molar refractivity (Wildman–Crippen MR) is 67.4 cm³/mol. The molecule has 1 unspecified atom stereocenters. The van der Waals surface area contributed by atoms with Gasteiger partial charge in [0.25, 0.3) is 0 Å². The van der Waals surface area contributed by atoms with Crippen LogP contribution in [0.5, 0.6) is 0 Å². The number of carbonyl (C=O) groups excluding carboxylic acids is 1. The second-order valence-electron chi connectivity index (χ2n) is 4.62. The molecule has 3 N–H and O–H groups in total. The summed E-state index contributed by atoms with van der Waals surface area (Å²) < 4.78 is 0. The van der Waals surface area contributed by atoms with Crippen molar-refractivity contribution in [3.05, 3.63) is 24.0 Å². The van der Waals surface area contributed by atoms with Crippen molar-refractivity contribution < 1.29 is 4.79 Å². The van der Waals surface area contributed by atoms with Gasteiger partial charge < -0.3 is 15.6 Å². The summed E-state index contributed by atoms with van der Waals surface area (Å²) in [6.45, 7) is 1.57. The average Bonchev–Trinajstić information content (AvgIpc) is 2.99. The van der Waals surface area contributed by atoms with E-state index in [0.717, 1.165) is 37.9 Å². The first kappa shape index (κ1) is 12.2. The lowest BCUT2D eigenvalue weighted by atomic mass is 10.1. The van der Waals surface area contributed by atoms with Crippen LogP contribution in [0.2, 0.25) is 0 Å². The largest absolute Gasteiger partial charge is 0.363 e. The summed E-state index contributed by atoms with van der Waals surface area (Å²) in [7, 11) is 0. The van der Waals surface area contributed by atoms with Gasteiger partial charge in [-0.25, -0.2) is 0 Å². The fraction of sp³-hybridized carbons (Fsp3) is 0.615. The second-order valence-corrected chi connectivity index (χ2v) is 4.62. The molecule has 4 nitrogen and oxygen atoms in total. The number of hydrogen-bond donors (Lipinski definition) is 2. The van der Waals surface area contributed by atoms with E-state index in [4.69, 9.17) is 5.73 Å². The van der Waals surface area contributed by atoms with Crippen molar-refractivity contribution in [1.82, 2.24) is 9.88 Å². The van der Waals surface area contributed by atoms with Crippen LogP contribution >= 0.6 is 0 Å². The maximum absolute atomic E-state index is 12.1. The summed E-state index contributed by atoms with van der Waals surface area (Å²) in [5.74, 6) is 0.274. The van der Waals surface area contributed by atoms with Gasteiger partial charge in [0.2, 0.25) is 5.91 Å². The highest BCUT2D eigenvalue weighted by Gasteiger charge is 2.29. The number of unbranched alkanes of at least 4 members (excludes halogenated alkanes) is 1. The Morgan fingerprint density at radius 2 is 2.41 bits per heavy atom. The number of carbonyl (C=O) groups is 1. The molecule has 1 aromatic heterocycles. The number of likely N-dealkylation sites (tertiary alicyclic amines) is 1. The molecule has 2 heterocycles. The van der Waals surface area contributed by atoms with E-state index in [1.807, 2.05) is 17.2 Å². The first-order valence-corrected chi connectivity index (χ1v) is 6.45. The number of amides is 1. The summed E-state index contributed by atoms with van der Waals surface area (Å²) in [5.41, 5.74) is 6.60. The minimum Gasteiger partial charge on any atom is -0.363 e. The Labute approximate surface area is 102 Å². The molecule has 1 fully saturated rings. The Morgan fingerprint density at radius 1 is 1.53 bits per heavy atom. The van der Waals surface area contributed by atoms with E-state index in [2.05, 4.69) is 11.1 Å². The Bertz CT molecular complexity index is 348. The molecule has 0 aliphatic carbocycles. The normalized spacial score (nSPS) is 19.8. The second kappa shape index (κ2) is 5.87. The van der Waals surface area contributed by atoms with Crippen molar-refractivity contribution >= 4 is 5.91 Å². The van der Waals surface area contributed by atoms with Crippen LogP contribution in [0.15, 0.2) is 18.3 Å². The zero-order valence-electron chi connectivity index (χ0n) is 10.2. The minimum atomic E-state index is 0.260. The lowest BCUT2D eigenvalue weighted by molar-refractivity contribution is -0.132. The number of nitrogens with two attached hydrogens (primary N) is 1. The van der Waals surface area contributed by atoms with Crippen molar-refractivity contribution in [3.63, 3.8) is 0 Å². The van der Waals surface area contributed by atoms with E-state index in [1.165, 1.54) is 0 Å². The maximum atomic E-state index is 12.1. The molecule has 1 aliphatic rings. The van der Waals surface area contributed by atoms with Gasteiger partial charge in [-0.2, -0.15) is 0 Å². The van der Waals surface area contributed by atoms with E-state index < -0.39 is 0 Å². The molecule has 1 amide bonds. The van der Waals surface area contributed by atoms with Gasteiger partial charge in [0.15, 0.2) is 0 Å². The number of hydrogen-bond acceptors (Lipinski definition) is 2. The van der Waals surface area contributed by atoms with Crippen LogP contribution in [0.4, 0.5) is 0 Å². The third kappa shape index (κ3) is 2.88. The summed E-state index contributed by atoms with van der Waals surface area (Å²) in [6.07, 6.45) is 6.57. The standard InChI is InChI=1S/C13H21N3O/c14-8-2-1-7-13(17)16-10-4-6-12(16)11-5-3-9-15-11/h3,5,9,12,15H,1-2,4,6-8,10,14H2. The molecule has 4 heteroatoms. The van der Waals surface area contributed by atoms with Gasteiger partial charge in [-0.3, -0.25) is 4.79 Å². The molecule has 2 rings (SSSR count). The van der Waals surface area contributed by atoms with Crippen LogP contribution in [-0.2, 0) is 4.79 Å². The molecular weight excluding hydrogens is 214 g/mol. The summed E-state index contributed by atoms with van der Waals surface area (Å²) in [6, 6.07) is 4.32. The Balaban J connectivity index is 1.93. The molecule has 0 radical (unpaired) electrons. The van der Waals surface area contributed by atoms with Crippen LogP contribution in [0, 0.1) is 0 Å². The topological polar surface area (TPSA) is 62.1 Å². The first-order chi connectivity index (χ1) is 8.33. The fourth-order valence-electron chi connectivity index (χ4n) is 2.50.